The number of carbonyl (C=O) groups is 1. The lowest BCUT2D eigenvalue weighted by Crippen LogP contribution is -2.28. The van der Waals surface area contributed by atoms with Gasteiger partial charge in [0.15, 0.2) is 0 Å². The summed E-state index contributed by atoms with van der Waals surface area (Å²) in [7, 11) is 0. The summed E-state index contributed by atoms with van der Waals surface area (Å²) in [5.74, 6) is 0.244. The van der Waals surface area contributed by atoms with Crippen LogP contribution in [-0.4, -0.2) is 21.8 Å². The summed E-state index contributed by atoms with van der Waals surface area (Å²) in [6.45, 7) is 2.59. The van der Waals surface area contributed by atoms with E-state index < -0.39 is 0 Å². The summed E-state index contributed by atoms with van der Waals surface area (Å²) < 4.78 is 4.12. The standard InChI is InChI=1S/C14H15N3OS/c1-9-7-12(17-19-9)14(18)16-8-11-5-4-10-3-2-6-15-13(10)11/h2-3,6-7,11H,4-5,8H2,1H3,(H,16,18). The van der Waals surface area contributed by atoms with Crippen LogP contribution in [0.15, 0.2) is 24.4 Å². The number of amides is 1. The first kappa shape index (κ1) is 12.3. The Morgan fingerprint density at radius 1 is 1.58 bits per heavy atom. The van der Waals surface area contributed by atoms with Crippen LogP contribution in [0.5, 0.6) is 0 Å². The van der Waals surface area contributed by atoms with Crippen molar-refractivity contribution < 1.29 is 4.79 Å². The second-order valence-electron chi connectivity index (χ2n) is 4.82. The van der Waals surface area contributed by atoms with Crippen molar-refractivity contribution in [1.29, 1.82) is 0 Å². The molecule has 5 heteroatoms. The number of nitrogens with one attached hydrogen (secondary N) is 1. The SMILES string of the molecule is Cc1cc(C(=O)NCC2CCc3cccnc32)ns1. The molecule has 0 radical (unpaired) electrons. The number of nitrogens with zero attached hydrogens (tertiary/aromatic N) is 2. The summed E-state index contributed by atoms with van der Waals surface area (Å²) in [5.41, 5.74) is 2.96. The number of hydrogen-bond acceptors (Lipinski definition) is 4. The Morgan fingerprint density at radius 2 is 2.47 bits per heavy atom. The van der Waals surface area contributed by atoms with Crippen LogP contribution in [0, 0.1) is 6.92 Å². The van der Waals surface area contributed by atoms with Crippen LogP contribution in [0.1, 0.15) is 39.0 Å². The molecular formula is C14H15N3OS. The van der Waals surface area contributed by atoms with Gasteiger partial charge in [0.1, 0.15) is 5.69 Å². The molecule has 2 heterocycles. The Kier molecular flexibility index (Phi) is 3.29. The molecular weight excluding hydrogens is 258 g/mol. The molecule has 0 bridgehead atoms. The van der Waals surface area contributed by atoms with Gasteiger partial charge in [0.2, 0.25) is 0 Å². The fourth-order valence-corrected chi connectivity index (χ4v) is 3.02. The zero-order chi connectivity index (χ0) is 13.2. The molecule has 1 N–H and O–H groups in total. The Labute approximate surface area is 116 Å². The molecule has 1 aliphatic rings. The summed E-state index contributed by atoms with van der Waals surface area (Å²) in [5, 5.41) is 2.96. The Hall–Kier alpha value is -1.75. The molecule has 2 aromatic rings. The monoisotopic (exact) mass is 273 g/mol. The van der Waals surface area contributed by atoms with Gasteiger partial charge >= 0.3 is 0 Å². The Morgan fingerprint density at radius 3 is 3.26 bits per heavy atom. The van der Waals surface area contributed by atoms with Crippen LogP contribution in [0.3, 0.4) is 0 Å². The number of aromatic nitrogens is 2. The molecule has 1 amide bonds. The Balaban J connectivity index is 1.63. The van der Waals surface area contributed by atoms with Crippen molar-refractivity contribution in [3.05, 3.63) is 46.2 Å². The smallest absolute Gasteiger partial charge is 0.271 e. The van der Waals surface area contributed by atoms with E-state index in [4.69, 9.17) is 0 Å². The number of aryl methyl sites for hydroxylation is 2. The maximum atomic E-state index is 11.9. The van der Waals surface area contributed by atoms with Crippen molar-refractivity contribution in [3.8, 4) is 0 Å². The number of hydrogen-bond donors (Lipinski definition) is 1. The third kappa shape index (κ3) is 2.51. The third-order valence-electron chi connectivity index (χ3n) is 3.44. The average molecular weight is 273 g/mol. The quantitative estimate of drug-likeness (QED) is 0.933. The zero-order valence-electron chi connectivity index (χ0n) is 10.7. The van der Waals surface area contributed by atoms with Crippen LogP contribution in [0.2, 0.25) is 0 Å². The minimum atomic E-state index is -0.0891. The molecule has 0 spiro atoms. The first-order chi connectivity index (χ1) is 9.24. The number of rotatable bonds is 3. The minimum absolute atomic E-state index is 0.0891. The second kappa shape index (κ2) is 5.09. The lowest BCUT2D eigenvalue weighted by Gasteiger charge is -2.11. The molecule has 4 nitrogen and oxygen atoms in total. The molecule has 0 aliphatic heterocycles. The lowest BCUT2D eigenvalue weighted by atomic mass is 10.1. The van der Waals surface area contributed by atoms with Crippen LogP contribution in [0.25, 0.3) is 0 Å². The maximum absolute atomic E-state index is 11.9. The van der Waals surface area contributed by atoms with Crippen molar-refractivity contribution in [1.82, 2.24) is 14.7 Å². The van der Waals surface area contributed by atoms with Crippen LogP contribution in [0.4, 0.5) is 0 Å². The van der Waals surface area contributed by atoms with Gasteiger partial charge < -0.3 is 5.32 Å². The summed E-state index contributed by atoms with van der Waals surface area (Å²) in [6.07, 6.45) is 3.94. The third-order valence-corrected chi connectivity index (χ3v) is 4.14. The topological polar surface area (TPSA) is 54.9 Å². The highest BCUT2D eigenvalue weighted by Gasteiger charge is 2.24. The van der Waals surface area contributed by atoms with Crippen molar-refractivity contribution in [3.63, 3.8) is 0 Å². The largest absolute Gasteiger partial charge is 0.350 e. The fourth-order valence-electron chi connectivity index (χ4n) is 2.47. The molecule has 0 fully saturated rings. The lowest BCUT2D eigenvalue weighted by molar-refractivity contribution is 0.0947. The highest BCUT2D eigenvalue weighted by molar-refractivity contribution is 7.05. The van der Waals surface area contributed by atoms with E-state index in [0.717, 1.165) is 23.4 Å². The van der Waals surface area contributed by atoms with E-state index in [9.17, 15) is 4.79 Å². The molecule has 98 valence electrons. The number of fused-ring (bicyclic) bond motifs is 1. The normalized spacial score (nSPS) is 17.2. The van der Waals surface area contributed by atoms with Gasteiger partial charge in [-0.15, -0.1) is 0 Å². The molecule has 1 unspecified atom stereocenters. The number of pyridine rings is 1. The van der Waals surface area contributed by atoms with Gasteiger partial charge in [0.05, 0.1) is 0 Å². The van der Waals surface area contributed by atoms with Gasteiger partial charge in [0, 0.05) is 29.2 Å². The van der Waals surface area contributed by atoms with Crippen molar-refractivity contribution in [2.24, 2.45) is 0 Å². The predicted octanol–water partition coefficient (Wildman–Crippen LogP) is 2.31. The number of carbonyl (C=O) groups excluding carboxylic acids is 1. The molecule has 0 aromatic carbocycles. The van der Waals surface area contributed by atoms with E-state index in [0.29, 0.717) is 18.2 Å². The summed E-state index contributed by atoms with van der Waals surface area (Å²) in [4.78, 5) is 17.4. The van der Waals surface area contributed by atoms with Crippen molar-refractivity contribution >= 4 is 17.4 Å². The van der Waals surface area contributed by atoms with Gasteiger partial charge in [-0.3, -0.25) is 9.78 Å². The highest BCUT2D eigenvalue weighted by Crippen LogP contribution is 2.30. The van der Waals surface area contributed by atoms with Crippen LogP contribution in [-0.2, 0) is 6.42 Å². The molecule has 1 aliphatic carbocycles. The molecule has 19 heavy (non-hydrogen) atoms. The van der Waals surface area contributed by atoms with Gasteiger partial charge in [-0.2, -0.15) is 4.37 Å². The van der Waals surface area contributed by atoms with E-state index in [1.165, 1.54) is 17.1 Å². The van der Waals surface area contributed by atoms with E-state index >= 15 is 0 Å². The fraction of sp³-hybridized carbons (Fsp3) is 0.357. The summed E-state index contributed by atoms with van der Waals surface area (Å²) in [6, 6.07) is 5.91. The van der Waals surface area contributed by atoms with Crippen LogP contribution >= 0.6 is 11.5 Å². The van der Waals surface area contributed by atoms with Crippen LogP contribution < -0.4 is 5.32 Å². The minimum Gasteiger partial charge on any atom is -0.350 e. The van der Waals surface area contributed by atoms with Crippen molar-refractivity contribution in [2.75, 3.05) is 6.54 Å². The average Bonchev–Trinajstić information content (AvgIpc) is 3.02. The van der Waals surface area contributed by atoms with Gasteiger partial charge in [-0.05, 0) is 49.0 Å². The molecule has 0 saturated heterocycles. The molecule has 1 atom stereocenters. The van der Waals surface area contributed by atoms with Gasteiger partial charge in [0.25, 0.3) is 5.91 Å². The molecule has 3 rings (SSSR count). The maximum Gasteiger partial charge on any atom is 0.271 e. The van der Waals surface area contributed by atoms with Gasteiger partial charge in [-0.1, -0.05) is 6.07 Å². The molecule has 2 aromatic heterocycles. The first-order valence-electron chi connectivity index (χ1n) is 6.39. The summed E-state index contributed by atoms with van der Waals surface area (Å²) >= 11 is 1.36. The first-order valence-corrected chi connectivity index (χ1v) is 7.16. The predicted molar refractivity (Wildman–Crippen MR) is 74.5 cm³/mol. The van der Waals surface area contributed by atoms with E-state index in [1.54, 1.807) is 0 Å². The van der Waals surface area contributed by atoms with E-state index in [1.807, 2.05) is 25.3 Å². The van der Waals surface area contributed by atoms with E-state index in [2.05, 4.69) is 20.7 Å². The Bertz CT molecular complexity index is 608. The zero-order valence-corrected chi connectivity index (χ0v) is 11.5. The second-order valence-corrected chi connectivity index (χ2v) is 5.83. The molecule has 0 saturated carbocycles. The van der Waals surface area contributed by atoms with Crippen molar-refractivity contribution in [2.45, 2.75) is 25.7 Å². The highest BCUT2D eigenvalue weighted by atomic mass is 32.1. The van der Waals surface area contributed by atoms with Gasteiger partial charge in [-0.25, -0.2) is 0 Å². The van der Waals surface area contributed by atoms with E-state index in [-0.39, 0.29) is 5.91 Å².